The zero-order chi connectivity index (χ0) is 24.2. The van der Waals surface area contributed by atoms with Crippen LogP contribution in [0.15, 0.2) is 103 Å². The lowest BCUT2D eigenvalue weighted by Crippen LogP contribution is -2.22. The molecule has 2 aromatic rings. The molecule has 2 heteroatoms. The topological polar surface area (TPSA) is 12.5 Å². The minimum atomic E-state index is -0.184. The highest BCUT2D eigenvalue weighted by molar-refractivity contribution is 5.70. The number of likely N-dealkylation sites (N-methyl/N-ethyl adjacent to an activating group) is 1. The van der Waals surface area contributed by atoms with Gasteiger partial charge in [-0.25, -0.2) is 0 Å². The maximum Gasteiger partial charge on any atom is 0.119 e. The van der Waals surface area contributed by atoms with E-state index in [9.17, 15) is 0 Å². The molecule has 1 aliphatic rings. The monoisotopic (exact) mass is 439 g/mol. The van der Waals surface area contributed by atoms with Gasteiger partial charge in [-0.2, -0.15) is 0 Å². The van der Waals surface area contributed by atoms with Crippen molar-refractivity contribution in [2.24, 2.45) is 0 Å². The number of fused-ring (bicyclic) bond motifs is 1. The highest BCUT2D eigenvalue weighted by Gasteiger charge is 2.37. The van der Waals surface area contributed by atoms with Crippen LogP contribution in [0.2, 0.25) is 0 Å². The Balaban J connectivity index is 1.66. The van der Waals surface area contributed by atoms with Crippen molar-refractivity contribution >= 4 is 5.69 Å². The quantitative estimate of drug-likeness (QED) is 0.408. The predicted octanol–water partition coefficient (Wildman–Crippen LogP) is 7.82. The number of para-hydroxylation sites is 1. The summed E-state index contributed by atoms with van der Waals surface area (Å²) >= 11 is 0. The molecule has 1 aliphatic heterocycles. The lowest BCUT2D eigenvalue weighted by Gasteiger charge is -2.28. The number of methoxy groups -OCH3 is 1. The fourth-order valence-electron chi connectivity index (χ4n) is 4.60. The first-order valence-electron chi connectivity index (χ1n) is 11.5. The van der Waals surface area contributed by atoms with Gasteiger partial charge in [0.25, 0.3) is 0 Å². The van der Waals surface area contributed by atoms with Gasteiger partial charge in [0.15, 0.2) is 0 Å². The number of benzene rings is 2. The molecule has 1 heterocycles. The molecule has 33 heavy (non-hydrogen) atoms. The first-order chi connectivity index (χ1) is 15.6. The van der Waals surface area contributed by atoms with Crippen LogP contribution in [0.4, 0.5) is 5.69 Å². The highest BCUT2D eigenvalue weighted by atomic mass is 16.5. The first kappa shape index (κ1) is 24.4. The second-order valence-corrected chi connectivity index (χ2v) is 9.71. The van der Waals surface area contributed by atoms with E-state index in [1.165, 1.54) is 28.1 Å². The van der Waals surface area contributed by atoms with E-state index < -0.39 is 0 Å². The van der Waals surface area contributed by atoms with Crippen molar-refractivity contribution in [3.63, 3.8) is 0 Å². The van der Waals surface area contributed by atoms with E-state index in [2.05, 4.69) is 126 Å². The molecule has 0 fully saturated rings. The summed E-state index contributed by atoms with van der Waals surface area (Å²) in [7, 11) is 3.85. The minimum absolute atomic E-state index is 0.000868. The van der Waals surface area contributed by atoms with Gasteiger partial charge < -0.3 is 9.64 Å². The van der Waals surface area contributed by atoms with Gasteiger partial charge in [-0.15, -0.1) is 0 Å². The molecule has 2 aromatic carbocycles. The van der Waals surface area contributed by atoms with Gasteiger partial charge in [0.05, 0.1) is 7.11 Å². The molecule has 0 aromatic heterocycles. The van der Waals surface area contributed by atoms with Gasteiger partial charge in [0.1, 0.15) is 5.75 Å². The van der Waals surface area contributed by atoms with Crippen LogP contribution in [0.5, 0.6) is 5.75 Å². The molecule has 0 saturated heterocycles. The Morgan fingerprint density at radius 3 is 2.36 bits per heavy atom. The van der Waals surface area contributed by atoms with Crippen LogP contribution < -0.4 is 9.64 Å². The number of nitrogens with zero attached hydrogens (tertiary/aromatic N) is 1. The normalized spacial score (nSPS) is 16.9. The Labute approximate surface area is 200 Å². The van der Waals surface area contributed by atoms with E-state index in [4.69, 9.17) is 4.74 Å². The number of aryl methyl sites for hydroxylation is 1. The Kier molecular flexibility index (Phi) is 7.17. The Morgan fingerprint density at radius 1 is 1.00 bits per heavy atom. The average Bonchev–Trinajstić information content (AvgIpc) is 2.98. The lowest BCUT2D eigenvalue weighted by atomic mass is 9.76. The van der Waals surface area contributed by atoms with Crippen LogP contribution in [-0.4, -0.2) is 14.2 Å². The maximum absolute atomic E-state index is 5.42. The Bertz CT molecular complexity index is 1140. The fraction of sp³-hybridized carbons (Fsp3) is 0.290. The molecule has 0 radical (unpaired) electrons. The second kappa shape index (κ2) is 9.70. The predicted molar refractivity (Wildman–Crippen MR) is 143 cm³/mol. The largest absolute Gasteiger partial charge is 0.497 e. The third-order valence-electron chi connectivity index (χ3n) is 6.86. The van der Waals surface area contributed by atoms with Crippen molar-refractivity contribution < 1.29 is 4.74 Å². The van der Waals surface area contributed by atoms with E-state index in [0.717, 1.165) is 11.3 Å². The highest BCUT2D eigenvalue weighted by Crippen LogP contribution is 2.46. The van der Waals surface area contributed by atoms with Crippen molar-refractivity contribution in [1.82, 2.24) is 0 Å². The Morgan fingerprint density at radius 2 is 1.67 bits per heavy atom. The first-order valence-corrected chi connectivity index (χ1v) is 11.5. The molecule has 0 unspecified atom stereocenters. The van der Waals surface area contributed by atoms with Crippen LogP contribution in [-0.2, 0) is 10.8 Å². The summed E-state index contributed by atoms with van der Waals surface area (Å²) in [5, 5.41) is 0. The van der Waals surface area contributed by atoms with Crippen LogP contribution >= 0.6 is 0 Å². The van der Waals surface area contributed by atoms with Crippen molar-refractivity contribution in [1.29, 1.82) is 0 Å². The minimum Gasteiger partial charge on any atom is -0.497 e. The standard InChI is InChI=1S/C31H37NO/c1-23-20-21-25(33-8)22-27(23)30(3,4)24(2)16-12-10-9-11-13-19-29-31(5,6)26-17-14-15-18-28(26)32(29)7/h9-22H,2H2,1,3-8H3/b10-9+,13-11+,16-12+,29-19+. The zero-order valence-electron chi connectivity index (χ0n) is 21.1. The lowest BCUT2D eigenvalue weighted by molar-refractivity contribution is 0.413. The summed E-state index contributed by atoms with van der Waals surface area (Å²) < 4.78 is 5.42. The summed E-state index contributed by atoms with van der Waals surface area (Å²) in [5.41, 5.74) is 7.30. The zero-order valence-corrected chi connectivity index (χ0v) is 21.1. The van der Waals surface area contributed by atoms with E-state index in [1.54, 1.807) is 7.11 Å². The molecule has 2 nitrogen and oxygen atoms in total. The molecule has 3 rings (SSSR count). The van der Waals surface area contributed by atoms with Crippen molar-refractivity contribution in [3.8, 4) is 5.75 Å². The Hall–Kier alpha value is -3.26. The van der Waals surface area contributed by atoms with Gasteiger partial charge in [-0.05, 0) is 53.5 Å². The summed E-state index contributed by atoms with van der Waals surface area (Å²) in [4.78, 5) is 2.29. The van der Waals surface area contributed by atoms with Crippen LogP contribution in [0.3, 0.4) is 0 Å². The average molecular weight is 440 g/mol. The number of ether oxygens (including phenoxy) is 1. The van der Waals surface area contributed by atoms with Crippen LogP contribution in [0.25, 0.3) is 0 Å². The third-order valence-corrected chi connectivity index (χ3v) is 6.86. The third kappa shape index (κ3) is 4.90. The summed E-state index contributed by atoms with van der Waals surface area (Å²) in [6.07, 6.45) is 14.6. The number of hydrogen-bond acceptors (Lipinski definition) is 2. The molecule has 0 saturated carbocycles. The second-order valence-electron chi connectivity index (χ2n) is 9.71. The fourth-order valence-corrected chi connectivity index (χ4v) is 4.60. The van der Waals surface area contributed by atoms with E-state index in [0.29, 0.717) is 0 Å². The van der Waals surface area contributed by atoms with Crippen LogP contribution in [0, 0.1) is 6.92 Å². The molecule has 0 atom stereocenters. The summed E-state index contributed by atoms with van der Waals surface area (Å²) in [6, 6.07) is 14.8. The van der Waals surface area contributed by atoms with E-state index >= 15 is 0 Å². The van der Waals surface area contributed by atoms with Crippen molar-refractivity contribution in [2.45, 2.75) is 45.4 Å². The van der Waals surface area contributed by atoms with E-state index in [1.807, 2.05) is 12.1 Å². The number of rotatable bonds is 7. The molecular weight excluding hydrogens is 402 g/mol. The van der Waals surface area contributed by atoms with Gasteiger partial charge in [-0.1, -0.05) is 95.0 Å². The van der Waals surface area contributed by atoms with Gasteiger partial charge >= 0.3 is 0 Å². The molecule has 0 aliphatic carbocycles. The number of hydrogen-bond donors (Lipinski definition) is 0. The SMILES string of the molecule is C=C(/C=C/C=C/C=C/C=C1/N(C)c2ccccc2C1(C)C)C(C)(C)c1cc(OC)ccc1C. The summed E-state index contributed by atoms with van der Waals surface area (Å²) in [6.45, 7) is 15.4. The maximum atomic E-state index is 5.42. The molecule has 0 N–H and O–H groups in total. The van der Waals surface area contributed by atoms with Gasteiger partial charge in [-0.3, -0.25) is 0 Å². The number of allylic oxidation sites excluding steroid dienone is 9. The van der Waals surface area contributed by atoms with Crippen LogP contribution in [0.1, 0.15) is 44.4 Å². The summed E-state index contributed by atoms with van der Waals surface area (Å²) in [5.74, 6) is 0.874. The molecular formula is C31H37NO. The van der Waals surface area contributed by atoms with E-state index in [-0.39, 0.29) is 10.8 Å². The molecule has 0 amide bonds. The molecule has 172 valence electrons. The van der Waals surface area contributed by atoms with Gasteiger partial charge in [0, 0.05) is 29.3 Å². The van der Waals surface area contributed by atoms with Gasteiger partial charge in [0.2, 0.25) is 0 Å². The smallest absolute Gasteiger partial charge is 0.119 e. The molecule has 0 spiro atoms. The number of anilines is 1. The van der Waals surface area contributed by atoms with Crippen molar-refractivity contribution in [2.75, 3.05) is 19.1 Å². The van der Waals surface area contributed by atoms with Crippen molar-refractivity contribution in [3.05, 3.63) is 120 Å². The molecule has 0 bridgehead atoms.